The zero-order chi connectivity index (χ0) is 21.6. The number of carbonyl (C=O) groups excluding carboxylic acids is 1. The third-order valence-corrected chi connectivity index (χ3v) is 9.75. The number of fused-ring (bicyclic) bond motifs is 2. The molecule has 1 aromatic rings. The van der Waals surface area contributed by atoms with E-state index in [0.717, 1.165) is 44.4 Å². The Balaban J connectivity index is 1.22. The number of hydrogen-bond acceptors (Lipinski definition) is 7. The van der Waals surface area contributed by atoms with Gasteiger partial charge in [0.05, 0.1) is 11.9 Å². The molecule has 4 aliphatic rings. The molecular weight excluding hydrogens is 420 g/mol. The number of likely N-dealkylation sites (tertiary alicyclic amines) is 1. The largest absolute Gasteiger partial charge is 0.395 e. The second kappa shape index (κ2) is 8.46. The average Bonchev–Trinajstić information content (AvgIpc) is 3.40. The Morgan fingerprint density at radius 3 is 2.61 bits per heavy atom. The van der Waals surface area contributed by atoms with Crippen molar-refractivity contribution in [3.8, 4) is 0 Å². The molecule has 31 heavy (non-hydrogen) atoms. The molecule has 1 aromatic heterocycles. The Morgan fingerprint density at radius 1 is 1.19 bits per heavy atom. The highest BCUT2D eigenvalue weighted by Gasteiger charge is 2.49. The summed E-state index contributed by atoms with van der Waals surface area (Å²) in [6.45, 7) is 1.92. The predicted molar refractivity (Wildman–Crippen MR) is 113 cm³/mol. The molecule has 0 unspecified atom stereocenters. The van der Waals surface area contributed by atoms with Crippen molar-refractivity contribution >= 4 is 15.9 Å². The number of nitrogens with one attached hydrogen (secondary N) is 1. The van der Waals surface area contributed by atoms with Crippen LogP contribution in [0.2, 0.25) is 0 Å². The Morgan fingerprint density at radius 2 is 1.94 bits per heavy atom. The van der Waals surface area contributed by atoms with Gasteiger partial charge in [0.2, 0.25) is 10.0 Å². The summed E-state index contributed by atoms with van der Waals surface area (Å²) in [6.07, 6.45) is 6.67. The van der Waals surface area contributed by atoms with E-state index in [-0.39, 0.29) is 30.6 Å². The standard InChI is InChI=1S/C21H32N4O5S/c26-9-8-24-7-1-2-18(13-24)31(28,29)25-16-5-6-17(25)11-15(10-16)22-21(27)19-12-20(30-23-19)14-3-4-14/h12,14-18,26H,1-11,13H2,(H,22,27)/t15-,16+,17-,18-/m1/s1. The first-order chi connectivity index (χ1) is 15.0. The molecular formula is C21H32N4O5S. The van der Waals surface area contributed by atoms with Gasteiger partial charge in [0.25, 0.3) is 5.91 Å². The number of carbonyl (C=O) groups is 1. The van der Waals surface area contributed by atoms with Crippen molar-refractivity contribution in [2.24, 2.45) is 0 Å². The molecule has 0 radical (unpaired) electrons. The fourth-order valence-corrected chi connectivity index (χ4v) is 8.08. The second-order valence-corrected chi connectivity index (χ2v) is 11.7. The van der Waals surface area contributed by atoms with Gasteiger partial charge in [-0.15, -0.1) is 0 Å². The molecule has 9 nitrogen and oxygen atoms in total. The SMILES string of the molecule is O=C(N[C@H]1C[C@H]2CC[C@@H](C1)N2S(=O)(=O)[C@@H]1CCCN(CCO)C1)c1cc(C2CC2)on1. The lowest BCUT2D eigenvalue weighted by molar-refractivity contribution is 0.0899. The fourth-order valence-electron chi connectivity index (χ4n) is 5.66. The summed E-state index contributed by atoms with van der Waals surface area (Å²) < 4.78 is 34.1. The van der Waals surface area contributed by atoms with Crippen LogP contribution in [-0.4, -0.2) is 83.4 Å². The topological polar surface area (TPSA) is 116 Å². The summed E-state index contributed by atoms with van der Waals surface area (Å²) in [4.78, 5) is 14.7. The first-order valence-electron chi connectivity index (χ1n) is 11.6. The number of sulfonamides is 1. The molecule has 5 rings (SSSR count). The number of aliphatic hydroxyl groups is 1. The average molecular weight is 453 g/mol. The van der Waals surface area contributed by atoms with Crippen molar-refractivity contribution in [2.45, 2.75) is 80.7 Å². The first kappa shape index (κ1) is 21.4. The van der Waals surface area contributed by atoms with Crippen LogP contribution in [0.5, 0.6) is 0 Å². The van der Waals surface area contributed by atoms with Crippen LogP contribution in [0.4, 0.5) is 0 Å². The van der Waals surface area contributed by atoms with Gasteiger partial charge < -0.3 is 14.9 Å². The molecule has 0 aromatic carbocycles. The van der Waals surface area contributed by atoms with Crippen LogP contribution >= 0.6 is 0 Å². The number of nitrogens with zero attached hydrogens (tertiary/aromatic N) is 3. The number of rotatable bonds is 7. The Hall–Kier alpha value is -1.49. The number of amides is 1. The van der Waals surface area contributed by atoms with Crippen LogP contribution in [-0.2, 0) is 10.0 Å². The number of hydrogen-bond donors (Lipinski definition) is 2. The van der Waals surface area contributed by atoms with Crippen LogP contribution < -0.4 is 5.32 Å². The maximum absolute atomic E-state index is 13.5. The van der Waals surface area contributed by atoms with E-state index >= 15 is 0 Å². The van der Waals surface area contributed by atoms with E-state index in [1.807, 2.05) is 0 Å². The lowest BCUT2D eigenvalue weighted by Crippen LogP contribution is -2.56. The van der Waals surface area contributed by atoms with Crippen molar-refractivity contribution in [1.82, 2.24) is 19.7 Å². The number of aliphatic hydroxyl groups excluding tert-OH is 1. The molecule has 1 saturated carbocycles. The van der Waals surface area contributed by atoms with Crippen molar-refractivity contribution in [3.05, 3.63) is 17.5 Å². The zero-order valence-electron chi connectivity index (χ0n) is 17.8. The highest BCUT2D eigenvalue weighted by atomic mass is 32.2. The molecule has 0 spiro atoms. The van der Waals surface area contributed by atoms with Gasteiger partial charge in [0, 0.05) is 43.2 Å². The maximum Gasteiger partial charge on any atom is 0.273 e. The molecule has 4 atom stereocenters. The van der Waals surface area contributed by atoms with Crippen molar-refractivity contribution in [2.75, 3.05) is 26.2 Å². The molecule has 10 heteroatoms. The van der Waals surface area contributed by atoms with Crippen LogP contribution in [0.3, 0.4) is 0 Å². The van der Waals surface area contributed by atoms with Gasteiger partial charge in [-0.1, -0.05) is 5.16 Å². The third kappa shape index (κ3) is 4.27. The van der Waals surface area contributed by atoms with Gasteiger partial charge >= 0.3 is 0 Å². The minimum absolute atomic E-state index is 0.0465. The summed E-state index contributed by atoms with van der Waals surface area (Å²) >= 11 is 0. The summed E-state index contributed by atoms with van der Waals surface area (Å²) in [6, 6.07) is 1.58. The first-order valence-corrected chi connectivity index (χ1v) is 13.1. The Kier molecular flexibility index (Phi) is 5.83. The molecule has 4 heterocycles. The van der Waals surface area contributed by atoms with Crippen LogP contribution in [0.25, 0.3) is 0 Å². The van der Waals surface area contributed by atoms with Crippen LogP contribution in [0.1, 0.15) is 73.5 Å². The molecule has 2 bridgehead atoms. The smallest absolute Gasteiger partial charge is 0.273 e. The molecule has 3 saturated heterocycles. The van der Waals surface area contributed by atoms with E-state index in [1.165, 1.54) is 0 Å². The Labute approximate surface area is 183 Å². The minimum atomic E-state index is -3.41. The van der Waals surface area contributed by atoms with Crippen LogP contribution in [0, 0.1) is 0 Å². The molecule has 1 amide bonds. The Bertz CT molecular complexity index is 899. The second-order valence-electron chi connectivity index (χ2n) is 9.58. The van der Waals surface area contributed by atoms with Gasteiger partial charge in [-0.05, 0) is 57.9 Å². The highest BCUT2D eigenvalue weighted by Crippen LogP contribution is 2.41. The van der Waals surface area contributed by atoms with E-state index in [4.69, 9.17) is 4.52 Å². The quantitative estimate of drug-likeness (QED) is 0.636. The molecule has 4 fully saturated rings. The number of β-amino-alcohol motifs (C(OH)–C–C–N with tert-alkyl or cyclic N) is 1. The summed E-state index contributed by atoms with van der Waals surface area (Å²) in [7, 11) is -3.41. The van der Waals surface area contributed by atoms with Crippen molar-refractivity contribution < 1.29 is 22.8 Å². The summed E-state index contributed by atoms with van der Waals surface area (Å²) in [5.74, 6) is 0.962. The van der Waals surface area contributed by atoms with Gasteiger partial charge in [-0.2, -0.15) is 4.31 Å². The molecule has 2 N–H and O–H groups in total. The molecule has 172 valence electrons. The normalized spacial score (nSPS) is 32.3. The predicted octanol–water partition coefficient (Wildman–Crippen LogP) is 1.06. The highest BCUT2D eigenvalue weighted by molar-refractivity contribution is 7.89. The zero-order valence-corrected chi connectivity index (χ0v) is 18.6. The van der Waals surface area contributed by atoms with E-state index in [0.29, 0.717) is 44.0 Å². The van der Waals surface area contributed by atoms with Gasteiger partial charge in [-0.3, -0.25) is 9.69 Å². The fraction of sp³-hybridized carbons (Fsp3) is 0.810. The molecule has 3 aliphatic heterocycles. The monoisotopic (exact) mass is 452 g/mol. The van der Waals surface area contributed by atoms with E-state index in [2.05, 4.69) is 15.4 Å². The van der Waals surface area contributed by atoms with Crippen molar-refractivity contribution in [1.29, 1.82) is 0 Å². The van der Waals surface area contributed by atoms with E-state index in [9.17, 15) is 18.3 Å². The van der Waals surface area contributed by atoms with Gasteiger partial charge in [0.1, 0.15) is 5.76 Å². The molecule has 1 aliphatic carbocycles. The maximum atomic E-state index is 13.5. The summed E-state index contributed by atoms with van der Waals surface area (Å²) in [5, 5.41) is 15.8. The summed E-state index contributed by atoms with van der Waals surface area (Å²) in [5.41, 5.74) is 0.315. The lowest BCUT2D eigenvalue weighted by Gasteiger charge is -2.41. The van der Waals surface area contributed by atoms with E-state index < -0.39 is 15.3 Å². The lowest BCUT2D eigenvalue weighted by atomic mass is 9.99. The van der Waals surface area contributed by atoms with Crippen LogP contribution in [0.15, 0.2) is 10.6 Å². The number of aromatic nitrogens is 1. The van der Waals surface area contributed by atoms with Crippen molar-refractivity contribution in [3.63, 3.8) is 0 Å². The third-order valence-electron chi connectivity index (χ3n) is 7.34. The number of piperidine rings is 2. The minimum Gasteiger partial charge on any atom is -0.395 e. The van der Waals surface area contributed by atoms with Gasteiger partial charge in [-0.25, -0.2) is 8.42 Å². The van der Waals surface area contributed by atoms with E-state index in [1.54, 1.807) is 10.4 Å². The van der Waals surface area contributed by atoms with Gasteiger partial charge in [0.15, 0.2) is 5.69 Å².